The van der Waals surface area contributed by atoms with E-state index >= 15 is 0 Å². The van der Waals surface area contributed by atoms with E-state index in [0.717, 1.165) is 29.8 Å². The van der Waals surface area contributed by atoms with E-state index < -0.39 is 6.04 Å². The molecule has 0 saturated heterocycles. The monoisotopic (exact) mass is 388 g/mol. The Bertz CT molecular complexity index is 756. The second-order valence-electron chi connectivity index (χ2n) is 7.01. The summed E-state index contributed by atoms with van der Waals surface area (Å²) in [5.74, 6) is -0.375. The van der Waals surface area contributed by atoms with Crippen LogP contribution in [0, 0.1) is 12.8 Å². The number of carbonyl (C=O) groups excluding carboxylic acids is 2. The molecule has 27 heavy (non-hydrogen) atoms. The van der Waals surface area contributed by atoms with Gasteiger partial charge in [0, 0.05) is 12.0 Å². The quantitative estimate of drug-likeness (QED) is 0.631. The lowest BCUT2D eigenvalue weighted by Gasteiger charge is -2.21. The lowest BCUT2D eigenvalue weighted by atomic mass is 10.0. The third-order valence-corrected chi connectivity index (χ3v) is 5.11. The first-order chi connectivity index (χ1) is 12.9. The van der Waals surface area contributed by atoms with Crippen LogP contribution in [0.5, 0.6) is 0 Å². The summed E-state index contributed by atoms with van der Waals surface area (Å²) in [4.78, 5) is 24.7. The molecule has 0 bridgehead atoms. The zero-order valence-corrected chi connectivity index (χ0v) is 17.2. The van der Waals surface area contributed by atoms with Crippen LogP contribution in [-0.2, 0) is 9.59 Å². The number of rotatable bonds is 9. The van der Waals surface area contributed by atoms with Gasteiger partial charge in [0.2, 0.25) is 16.9 Å². The number of amides is 2. The van der Waals surface area contributed by atoms with Crippen LogP contribution in [-0.4, -0.2) is 28.1 Å². The number of hydrogen-bond acceptors (Lipinski definition) is 5. The van der Waals surface area contributed by atoms with Crippen LogP contribution >= 0.6 is 11.3 Å². The van der Waals surface area contributed by atoms with Gasteiger partial charge in [0.25, 0.3) is 0 Å². The number of aryl methyl sites for hydroxylation is 1. The van der Waals surface area contributed by atoms with Crippen molar-refractivity contribution in [2.75, 3.05) is 5.32 Å². The van der Waals surface area contributed by atoms with Crippen LogP contribution in [0.4, 0.5) is 5.13 Å². The number of unbranched alkanes of at least 4 members (excludes halogenated alkanes) is 2. The largest absolute Gasteiger partial charge is 0.344 e. The second-order valence-corrected chi connectivity index (χ2v) is 7.99. The van der Waals surface area contributed by atoms with Crippen LogP contribution in [0.15, 0.2) is 24.3 Å². The molecular weight excluding hydrogens is 360 g/mol. The smallest absolute Gasteiger partial charge is 0.249 e. The maximum atomic E-state index is 12.6. The molecular formula is C20H28N4O2S. The molecule has 2 amide bonds. The average molecular weight is 389 g/mol. The van der Waals surface area contributed by atoms with Crippen molar-refractivity contribution >= 4 is 28.3 Å². The molecule has 1 aromatic carbocycles. The van der Waals surface area contributed by atoms with Gasteiger partial charge in [0.15, 0.2) is 0 Å². The molecule has 146 valence electrons. The molecule has 0 aliphatic rings. The molecule has 0 fully saturated rings. The number of nitrogens with zero attached hydrogens (tertiary/aromatic N) is 2. The Hall–Kier alpha value is -2.28. The van der Waals surface area contributed by atoms with Gasteiger partial charge in [0.05, 0.1) is 0 Å². The number of benzene rings is 1. The van der Waals surface area contributed by atoms with E-state index in [2.05, 4.69) is 27.8 Å². The van der Waals surface area contributed by atoms with E-state index in [1.165, 1.54) is 16.9 Å². The van der Waals surface area contributed by atoms with Gasteiger partial charge in [-0.2, -0.15) is 0 Å². The molecule has 0 spiro atoms. The molecule has 0 aliphatic heterocycles. The van der Waals surface area contributed by atoms with Gasteiger partial charge in [-0.05, 0) is 19.3 Å². The van der Waals surface area contributed by atoms with Gasteiger partial charge >= 0.3 is 0 Å². The summed E-state index contributed by atoms with van der Waals surface area (Å²) < 4.78 is 0. The minimum atomic E-state index is -0.592. The summed E-state index contributed by atoms with van der Waals surface area (Å²) in [6, 6.07) is 7.39. The van der Waals surface area contributed by atoms with Gasteiger partial charge in [-0.1, -0.05) is 74.8 Å². The molecule has 1 atom stereocenters. The fourth-order valence-corrected chi connectivity index (χ4v) is 3.34. The first kappa shape index (κ1) is 21.0. The highest BCUT2D eigenvalue weighted by molar-refractivity contribution is 7.18. The number of aromatic nitrogens is 2. The van der Waals surface area contributed by atoms with E-state index in [9.17, 15) is 9.59 Å². The van der Waals surface area contributed by atoms with Gasteiger partial charge in [-0.15, -0.1) is 10.2 Å². The molecule has 1 heterocycles. The van der Waals surface area contributed by atoms with Gasteiger partial charge in [-0.25, -0.2) is 0 Å². The molecule has 0 saturated carbocycles. The zero-order valence-electron chi connectivity index (χ0n) is 16.4. The first-order valence-corrected chi connectivity index (χ1v) is 10.2. The number of carbonyl (C=O) groups is 2. The Labute approximate surface area is 164 Å². The SMILES string of the molecule is CCCCCC(=O)N[C@@H](C(=O)Nc1nnc(-c2ccc(C)cc2)s1)C(C)C. The number of hydrogen-bond donors (Lipinski definition) is 2. The maximum absolute atomic E-state index is 12.6. The Morgan fingerprint density at radius 2 is 1.81 bits per heavy atom. The molecule has 7 heteroatoms. The third-order valence-electron chi connectivity index (χ3n) is 4.23. The molecule has 6 nitrogen and oxygen atoms in total. The van der Waals surface area contributed by atoms with Crippen molar-refractivity contribution < 1.29 is 9.59 Å². The van der Waals surface area contributed by atoms with Crippen LogP contribution in [0.2, 0.25) is 0 Å². The summed E-state index contributed by atoms with van der Waals surface area (Å²) in [5.41, 5.74) is 2.13. The van der Waals surface area contributed by atoms with Gasteiger partial charge in [0.1, 0.15) is 11.0 Å². The number of nitrogens with one attached hydrogen (secondary N) is 2. The van der Waals surface area contributed by atoms with E-state index in [1.54, 1.807) is 0 Å². The minimum Gasteiger partial charge on any atom is -0.344 e. The van der Waals surface area contributed by atoms with Crippen molar-refractivity contribution in [2.24, 2.45) is 5.92 Å². The number of anilines is 1. The zero-order chi connectivity index (χ0) is 19.8. The Morgan fingerprint density at radius 3 is 2.44 bits per heavy atom. The summed E-state index contributed by atoms with van der Waals surface area (Å²) >= 11 is 1.32. The average Bonchev–Trinajstić information content (AvgIpc) is 3.08. The van der Waals surface area contributed by atoms with E-state index in [0.29, 0.717) is 11.6 Å². The Morgan fingerprint density at radius 1 is 1.11 bits per heavy atom. The molecule has 2 N–H and O–H groups in total. The lowest BCUT2D eigenvalue weighted by molar-refractivity contribution is -0.127. The summed E-state index contributed by atoms with van der Waals surface area (Å²) in [6.07, 6.45) is 3.35. The maximum Gasteiger partial charge on any atom is 0.249 e. The van der Waals surface area contributed by atoms with E-state index in [4.69, 9.17) is 0 Å². The molecule has 0 aliphatic carbocycles. The summed E-state index contributed by atoms with van der Waals surface area (Å²) in [7, 11) is 0. The van der Waals surface area contributed by atoms with Gasteiger partial charge in [-0.3, -0.25) is 14.9 Å². The molecule has 0 radical (unpaired) electrons. The van der Waals surface area contributed by atoms with E-state index in [1.807, 2.05) is 45.0 Å². The summed E-state index contributed by atoms with van der Waals surface area (Å²) in [6.45, 7) is 7.94. The van der Waals surface area contributed by atoms with Crippen LogP contribution in [0.25, 0.3) is 10.6 Å². The van der Waals surface area contributed by atoms with E-state index in [-0.39, 0.29) is 17.7 Å². The summed E-state index contributed by atoms with van der Waals surface area (Å²) in [5, 5.41) is 15.0. The molecule has 0 unspecified atom stereocenters. The molecule has 2 aromatic rings. The predicted octanol–water partition coefficient (Wildman–Crippen LogP) is 4.17. The standard InChI is InChI=1S/C20H28N4O2S/c1-5-6-7-8-16(25)21-17(13(2)3)18(26)22-20-24-23-19(27-20)15-11-9-14(4)10-12-15/h9-13,17H,5-8H2,1-4H3,(H,21,25)(H,22,24,26)/t17-/m1/s1. The lowest BCUT2D eigenvalue weighted by Crippen LogP contribution is -2.47. The van der Waals surface area contributed by atoms with Crippen molar-refractivity contribution in [1.29, 1.82) is 0 Å². The highest BCUT2D eigenvalue weighted by Gasteiger charge is 2.25. The predicted molar refractivity (Wildman–Crippen MR) is 110 cm³/mol. The van der Waals surface area contributed by atoms with Gasteiger partial charge < -0.3 is 5.32 Å². The molecule has 1 aromatic heterocycles. The van der Waals surface area contributed by atoms with Crippen molar-refractivity contribution in [1.82, 2.24) is 15.5 Å². The fourth-order valence-electron chi connectivity index (χ4n) is 2.59. The van der Waals surface area contributed by atoms with Crippen molar-refractivity contribution in [3.8, 4) is 10.6 Å². The fraction of sp³-hybridized carbons (Fsp3) is 0.500. The normalized spacial score (nSPS) is 12.0. The highest BCUT2D eigenvalue weighted by Crippen LogP contribution is 2.26. The third kappa shape index (κ3) is 6.43. The Balaban J connectivity index is 1.98. The molecule has 2 rings (SSSR count). The highest BCUT2D eigenvalue weighted by atomic mass is 32.1. The van der Waals surface area contributed by atoms with Crippen LogP contribution in [0.3, 0.4) is 0 Å². The van der Waals surface area contributed by atoms with Crippen molar-refractivity contribution in [2.45, 2.75) is 59.4 Å². The van der Waals surface area contributed by atoms with Crippen molar-refractivity contribution in [3.63, 3.8) is 0 Å². The first-order valence-electron chi connectivity index (χ1n) is 9.41. The van der Waals surface area contributed by atoms with Crippen LogP contribution in [0.1, 0.15) is 52.0 Å². The van der Waals surface area contributed by atoms with Crippen LogP contribution < -0.4 is 10.6 Å². The topological polar surface area (TPSA) is 84.0 Å². The second kappa shape index (κ2) is 10.2. The van der Waals surface area contributed by atoms with Crippen molar-refractivity contribution in [3.05, 3.63) is 29.8 Å². The minimum absolute atomic E-state index is 0.0235. The Kier molecular flexibility index (Phi) is 7.91.